The van der Waals surface area contributed by atoms with Crippen LogP contribution in [0, 0.1) is 6.92 Å². The van der Waals surface area contributed by atoms with Crippen LogP contribution in [0.3, 0.4) is 0 Å². The van der Waals surface area contributed by atoms with Gasteiger partial charge in [-0.1, -0.05) is 33.6 Å². The highest BCUT2D eigenvalue weighted by atomic mass is 79.9. The van der Waals surface area contributed by atoms with Gasteiger partial charge in [-0.25, -0.2) is 0 Å². The number of hydrogen-bond acceptors (Lipinski definition) is 4. The molecule has 0 heterocycles. The molecule has 0 fully saturated rings. The van der Waals surface area contributed by atoms with E-state index in [0.29, 0.717) is 24.7 Å². The molecule has 0 aromatic heterocycles. The standard InChI is InChI=1S/C19H23BrN2O3/c1-4-24-17-9-14(11-21-3)16(20)10-18(17)25-12-19(23)22-15-7-5-13(2)6-8-15/h5-10,21H,4,11-12H2,1-3H3,(H,22,23). The van der Waals surface area contributed by atoms with E-state index in [0.717, 1.165) is 21.3 Å². The van der Waals surface area contributed by atoms with Gasteiger partial charge in [0.1, 0.15) is 0 Å². The summed E-state index contributed by atoms with van der Waals surface area (Å²) in [6.07, 6.45) is 0. The third kappa shape index (κ3) is 5.76. The molecule has 0 aliphatic rings. The Balaban J connectivity index is 2.04. The Morgan fingerprint density at radius 3 is 2.44 bits per heavy atom. The third-order valence-corrected chi connectivity index (χ3v) is 4.21. The minimum absolute atomic E-state index is 0.0915. The van der Waals surface area contributed by atoms with Gasteiger partial charge in [0.2, 0.25) is 0 Å². The van der Waals surface area contributed by atoms with Gasteiger partial charge in [0.15, 0.2) is 18.1 Å². The molecule has 2 aromatic rings. The van der Waals surface area contributed by atoms with E-state index in [2.05, 4.69) is 26.6 Å². The molecule has 25 heavy (non-hydrogen) atoms. The number of anilines is 1. The number of rotatable bonds is 8. The molecular weight excluding hydrogens is 384 g/mol. The van der Waals surface area contributed by atoms with Crippen LogP contribution in [0.4, 0.5) is 5.69 Å². The van der Waals surface area contributed by atoms with Crippen LogP contribution in [0.25, 0.3) is 0 Å². The van der Waals surface area contributed by atoms with Crippen molar-refractivity contribution in [3.63, 3.8) is 0 Å². The summed E-state index contributed by atoms with van der Waals surface area (Å²) in [5.41, 5.74) is 2.94. The molecule has 0 unspecified atom stereocenters. The van der Waals surface area contributed by atoms with E-state index in [1.807, 2.05) is 57.3 Å². The topological polar surface area (TPSA) is 59.6 Å². The highest BCUT2D eigenvalue weighted by Crippen LogP contribution is 2.34. The van der Waals surface area contributed by atoms with Crippen LogP contribution < -0.4 is 20.1 Å². The summed E-state index contributed by atoms with van der Waals surface area (Å²) in [4.78, 5) is 12.1. The zero-order valence-electron chi connectivity index (χ0n) is 14.7. The van der Waals surface area contributed by atoms with Gasteiger partial charge in [-0.3, -0.25) is 4.79 Å². The van der Waals surface area contributed by atoms with Gasteiger partial charge >= 0.3 is 0 Å². The highest BCUT2D eigenvalue weighted by molar-refractivity contribution is 9.10. The van der Waals surface area contributed by atoms with Gasteiger partial charge in [-0.2, -0.15) is 0 Å². The first-order valence-electron chi connectivity index (χ1n) is 8.12. The van der Waals surface area contributed by atoms with Crippen molar-refractivity contribution in [3.8, 4) is 11.5 Å². The minimum atomic E-state index is -0.221. The lowest BCUT2D eigenvalue weighted by atomic mass is 10.2. The first-order valence-corrected chi connectivity index (χ1v) is 8.92. The predicted molar refractivity (Wildman–Crippen MR) is 103 cm³/mol. The molecule has 0 aliphatic carbocycles. The number of ether oxygens (including phenoxy) is 2. The van der Waals surface area contributed by atoms with Crippen molar-refractivity contribution in [1.29, 1.82) is 0 Å². The second-order valence-electron chi connectivity index (χ2n) is 5.56. The summed E-state index contributed by atoms with van der Waals surface area (Å²) in [5, 5.41) is 5.92. The van der Waals surface area contributed by atoms with Gasteiger partial charge in [0.25, 0.3) is 5.91 Å². The third-order valence-electron chi connectivity index (χ3n) is 3.47. The molecule has 0 radical (unpaired) electrons. The largest absolute Gasteiger partial charge is 0.490 e. The van der Waals surface area contributed by atoms with Crippen molar-refractivity contribution in [2.24, 2.45) is 0 Å². The average molecular weight is 407 g/mol. The predicted octanol–water partition coefficient (Wildman–Crippen LogP) is 3.89. The first kappa shape index (κ1) is 19.3. The number of aryl methyl sites for hydroxylation is 1. The number of nitrogens with one attached hydrogen (secondary N) is 2. The summed E-state index contributed by atoms with van der Waals surface area (Å²) in [6, 6.07) is 11.4. The van der Waals surface area contributed by atoms with Crippen molar-refractivity contribution in [3.05, 3.63) is 52.0 Å². The zero-order chi connectivity index (χ0) is 18.2. The molecule has 6 heteroatoms. The molecule has 1 amide bonds. The highest BCUT2D eigenvalue weighted by Gasteiger charge is 2.12. The van der Waals surface area contributed by atoms with E-state index in [1.54, 1.807) is 0 Å². The summed E-state index contributed by atoms with van der Waals surface area (Å²) in [7, 11) is 1.88. The fourth-order valence-electron chi connectivity index (χ4n) is 2.26. The van der Waals surface area contributed by atoms with Crippen LogP contribution in [-0.2, 0) is 11.3 Å². The Morgan fingerprint density at radius 1 is 1.12 bits per heavy atom. The molecule has 2 aromatic carbocycles. The summed E-state index contributed by atoms with van der Waals surface area (Å²) >= 11 is 3.52. The first-order chi connectivity index (χ1) is 12.0. The molecule has 5 nitrogen and oxygen atoms in total. The second kappa shape index (κ2) is 9.44. The van der Waals surface area contributed by atoms with Crippen LogP contribution >= 0.6 is 15.9 Å². The fourth-order valence-corrected chi connectivity index (χ4v) is 2.72. The Kier molecular flexibility index (Phi) is 7.28. The van der Waals surface area contributed by atoms with Crippen molar-refractivity contribution in [1.82, 2.24) is 5.32 Å². The number of carbonyl (C=O) groups excluding carboxylic acids is 1. The fraction of sp³-hybridized carbons (Fsp3) is 0.316. The van der Waals surface area contributed by atoms with Gasteiger partial charge in [-0.05, 0) is 50.7 Å². The van der Waals surface area contributed by atoms with Crippen LogP contribution in [0.15, 0.2) is 40.9 Å². The van der Waals surface area contributed by atoms with Crippen LogP contribution in [0.2, 0.25) is 0 Å². The monoisotopic (exact) mass is 406 g/mol. The van der Waals surface area contributed by atoms with E-state index < -0.39 is 0 Å². The maximum absolute atomic E-state index is 12.1. The van der Waals surface area contributed by atoms with Gasteiger partial charge < -0.3 is 20.1 Å². The van der Waals surface area contributed by atoms with Gasteiger partial charge in [0.05, 0.1) is 6.61 Å². The van der Waals surface area contributed by atoms with E-state index >= 15 is 0 Å². The lowest BCUT2D eigenvalue weighted by molar-refractivity contribution is -0.118. The quantitative estimate of drug-likeness (QED) is 0.697. The SMILES string of the molecule is CCOc1cc(CNC)c(Br)cc1OCC(=O)Nc1ccc(C)cc1. The molecule has 0 saturated carbocycles. The van der Waals surface area contributed by atoms with Crippen LogP contribution in [0.5, 0.6) is 11.5 Å². The number of hydrogen-bond donors (Lipinski definition) is 2. The number of amides is 1. The van der Waals surface area contributed by atoms with E-state index in [4.69, 9.17) is 9.47 Å². The van der Waals surface area contributed by atoms with E-state index in [1.165, 1.54) is 0 Å². The summed E-state index contributed by atoms with van der Waals surface area (Å²) in [6.45, 7) is 5.04. The number of carbonyl (C=O) groups is 1. The maximum Gasteiger partial charge on any atom is 0.262 e. The normalized spacial score (nSPS) is 10.4. The molecule has 0 bridgehead atoms. The van der Waals surface area contributed by atoms with Crippen LogP contribution in [0.1, 0.15) is 18.1 Å². The molecule has 0 atom stereocenters. The van der Waals surface area contributed by atoms with Gasteiger partial charge in [0, 0.05) is 16.7 Å². The smallest absolute Gasteiger partial charge is 0.262 e. The lowest BCUT2D eigenvalue weighted by Crippen LogP contribution is -2.20. The Labute approximate surface area is 156 Å². The Bertz CT molecular complexity index is 717. The van der Waals surface area contributed by atoms with E-state index in [9.17, 15) is 4.79 Å². The van der Waals surface area contributed by atoms with Crippen molar-refractivity contribution < 1.29 is 14.3 Å². The molecule has 2 rings (SSSR count). The maximum atomic E-state index is 12.1. The van der Waals surface area contributed by atoms with Crippen molar-refractivity contribution >= 4 is 27.5 Å². The molecule has 2 N–H and O–H groups in total. The van der Waals surface area contributed by atoms with Crippen molar-refractivity contribution in [2.45, 2.75) is 20.4 Å². The molecule has 0 aliphatic heterocycles. The molecule has 0 spiro atoms. The van der Waals surface area contributed by atoms with E-state index in [-0.39, 0.29) is 12.5 Å². The summed E-state index contributed by atoms with van der Waals surface area (Å²) < 4.78 is 12.2. The molecule has 0 saturated heterocycles. The Morgan fingerprint density at radius 2 is 1.80 bits per heavy atom. The zero-order valence-corrected chi connectivity index (χ0v) is 16.3. The number of halogens is 1. The van der Waals surface area contributed by atoms with Gasteiger partial charge in [-0.15, -0.1) is 0 Å². The lowest BCUT2D eigenvalue weighted by Gasteiger charge is -2.15. The average Bonchev–Trinajstić information content (AvgIpc) is 2.59. The Hall–Kier alpha value is -2.05. The molecule has 134 valence electrons. The number of benzene rings is 2. The van der Waals surface area contributed by atoms with Crippen molar-refractivity contribution in [2.75, 3.05) is 25.6 Å². The second-order valence-corrected chi connectivity index (χ2v) is 6.41. The minimum Gasteiger partial charge on any atom is -0.490 e. The summed E-state index contributed by atoms with van der Waals surface area (Å²) in [5.74, 6) is 0.938. The van der Waals surface area contributed by atoms with Crippen LogP contribution in [-0.4, -0.2) is 26.2 Å². The molecular formula is C19H23BrN2O3.